The SMILES string of the molecule is CCN(c1ccccc1)S(=O)(=O)c1ccc(CCl)c(Cl)c1. The van der Waals surface area contributed by atoms with Crippen molar-refractivity contribution >= 4 is 38.9 Å². The number of sulfonamides is 1. The molecule has 0 heterocycles. The average molecular weight is 344 g/mol. The lowest BCUT2D eigenvalue weighted by molar-refractivity contribution is 0.592. The summed E-state index contributed by atoms with van der Waals surface area (Å²) < 4.78 is 26.8. The zero-order valence-electron chi connectivity index (χ0n) is 11.5. The average Bonchev–Trinajstić information content (AvgIpc) is 2.48. The number of benzene rings is 2. The summed E-state index contributed by atoms with van der Waals surface area (Å²) in [6.07, 6.45) is 0. The Hall–Kier alpha value is -1.23. The standard InChI is InChI=1S/C15H15Cl2NO2S/c1-2-18(13-6-4-3-5-7-13)21(19,20)14-9-8-12(11-16)15(17)10-14/h3-10H,2,11H2,1H3. The van der Waals surface area contributed by atoms with Gasteiger partial charge in [-0.25, -0.2) is 8.42 Å². The van der Waals surface area contributed by atoms with Crippen LogP contribution in [0.4, 0.5) is 5.69 Å². The molecule has 0 atom stereocenters. The van der Waals surface area contributed by atoms with Crippen molar-refractivity contribution in [3.8, 4) is 0 Å². The molecule has 0 aliphatic rings. The van der Waals surface area contributed by atoms with Gasteiger partial charge in [0.15, 0.2) is 0 Å². The molecular weight excluding hydrogens is 329 g/mol. The molecule has 0 aliphatic carbocycles. The second kappa shape index (κ2) is 6.69. The lowest BCUT2D eigenvalue weighted by Crippen LogP contribution is -2.30. The Morgan fingerprint density at radius 3 is 2.29 bits per heavy atom. The van der Waals surface area contributed by atoms with E-state index in [0.717, 1.165) is 0 Å². The molecule has 2 rings (SSSR count). The van der Waals surface area contributed by atoms with Crippen LogP contribution in [0.2, 0.25) is 5.02 Å². The molecule has 0 aliphatic heterocycles. The van der Waals surface area contributed by atoms with Crippen LogP contribution in [0, 0.1) is 0 Å². The largest absolute Gasteiger partial charge is 0.267 e. The molecule has 0 saturated carbocycles. The molecule has 0 N–H and O–H groups in total. The van der Waals surface area contributed by atoms with Crippen LogP contribution in [0.15, 0.2) is 53.4 Å². The summed E-state index contributed by atoms with van der Waals surface area (Å²) in [5, 5.41) is 0.357. The van der Waals surface area contributed by atoms with E-state index in [1.807, 2.05) is 6.07 Å². The third-order valence-electron chi connectivity index (χ3n) is 3.09. The Bertz CT molecular complexity index is 718. The van der Waals surface area contributed by atoms with E-state index in [1.165, 1.54) is 16.4 Å². The van der Waals surface area contributed by atoms with Crippen molar-refractivity contribution in [2.75, 3.05) is 10.8 Å². The molecule has 0 bridgehead atoms. The smallest absolute Gasteiger partial charge is 0.264 e. The first kappa shape index (κ1) is 16.1. The molecule has 0 spiro atoms. The van der Waals surface area contributed by atoms with Crippen molar-refractivity contribution < 1.29 is 8.42 Å². The van der Waals surface area contributed by atoms with Crippen molar-refractivity contribution in [1.82, 2.24) is 0 Å². The molecule has 0 saturated heterocycles. The predicted octanol–water partition coefficient (Wildman–Crippen LogP) is 4.29. The Morgan fingerprint density at radius 2 is 1.76 bits per heavy atom. The van der Waals surface area contributed by atoms with Gasteiger partial charge in [0.05, 0.1) is 10.6 Å². The fourth-order valence-corrected chi connectivity index (χ4v) is 4.12. The molecule has 0 unspecified atom stereocenters. The van der Waals surface area contributed by atoms with Crippen molar-refractivity contribution in [2.45, 2.75) is 17.7 Å². The van der Waals surface area contributed by atoms with E-state index < -0.39 is 10.0 Å². The normalized spacial score (nSPS) is 11.4. The molecule has 0 amide bonds. The molecule has 0 radical (unpaired) electrons. The number of rotatable bonds is 5. The lowest BCUT2D eigenvalue weighted by Gasteiger charge is -2.23. The van der Waals surface area contributed by atoms with Gasteiger partial charge in [0.25, 0.3) is 10.0 Å². The van der Waals surface area contributed by atoms with Crippen LogP contribution >= 0.6 is 23.2 Å². The second-order valence-corrected chi connectivity index (χ2v) is 6.93. The summed E-state index contributed by atoms with van der Waals surface area (Å²) in [6.45, 7) is 2.13. The van der Waals surface area contributed by atoms with E-state index in [1.54, 1.807) is 37.3 Å². The first-order valence-corrected chi connectivity index (χ1v) is 8.78. The Balaban J connectivity index is 2.47. The fourth-order valence-electron chi connectivity index (χ4n) is 2.01. The highest BCUT2D eigenvalue weighted by molar-refractivity contribution is 7.92. The summed E-state index contributed by atoms with van der Waals surface area (Å²) in [5.41, 5.74) is 1.33. The minimum absolute atomic E-state index is 0.159. The highest BCUT2D eigenvalue weighted by Gasteiger charge is 2.24. The molecule has 3 nitrogen and oxygen atoms in total. The van der Waals surface area contributed by atoms with E-state index in [-0.39, 0.29) is 10.8 Å². The van der Waals surface area contributed by atoms with Gasteiger partial charge >= 0.3 is 0 Å². The van der Waals surface area contributed by atoms with E-state index in [2.05, 4.69) is 0 Å². The number of hydrogen-bond donors (Lipinski definition) is 0. The summed E-state index contributed by atoms with van der Waals surface area (Å²) in [5.74, 6) is 0.245. The maximum atomic E-state index is 12.7. The van der Waals surface area contributed by atoms with Crippen LogP contribution in [0.1, 0.15) is 12.5 Å². The highest BCUT2D eigenvalue weighted by atomic mass is 35.5. The minimum atomic E-state index is -3.65. The highest BCUT2D eigenvalue weighted by Crippen LogP contribution is 2.27. The van der Waals surface area contributed by atoms with Crippen LogP contribution < -0.4 is 4.31 Å². The first-order valence-electron chi connectivity index (χ1n) is 6.43. The molecular formula is C15H15Cl2NO2S. The lowest BCUT2D eigenvalue weighted by atomic mass is 10.2. The van der Waals surface area contributed by atoms with Gasteiger partial charge < -0.3 is 0 Å². The molecule has 112 valence electrons. The number of nitrogens with zero attached hydrogens (tertiary/aromatic N) is 1. The van der Waals surface area contributed by atoms with Crippen LogP contribution in [0.3, 0.4) is 0 Å². The van der Waals surface area contributed by atoms with E-state index in [4.69, 9.17) is 23.2 Å². The summed E-state index contributed by atoms with van der Waals surface area (Å²) in [7, 11) is -3.65. The Labute approximate surface area is 135 Å². The Morgan fingerprint density at radius 1 is 1.10 bits per heavy atom. The van der Waals surface area contributed by atoms with Gasteiger partial charge in [-0.3, -0.25) is 4.31 Å². The van der Waals surface area contributed by atoms with Gasteiger partial charge in [0.2, 0.25) is 0 Å². The zero-order valence-corrected chi connectivity index (χ0v) is 13.8. The van der Waals surface area contributed by atoms with E-state index in [9.17, 15) is 8.42 Å². The molecule has 0 aromatic heterocycles. The van der Waals surface area contributed by atoms with Crippen LogP contribution in [0.5, 0.6) is 0 Å². The molecule has 6 heteroatoms. The third kappa shape index (κ3) is 3.34. The van der Waals surface area contributed by atoms with Crippen LogP contribution in [0.25, 0.3) is 0 Å². The number of hydrogen-bond acceptors (Lipinski definition) is 2. The quantitative estimate of drug-likeness (QED) is 0.759. The summed E-state index contributed by atoms with van der Waals surface area (Å²) in [6, 6.07) is 13.6. The number of halogens is 2. The van der Waals surface area contributed by atoms with Crippen molar-refractivity contribution in [3.63, 3.8) is 0 Å². The van der Waals surface area contributed by atoms with E-state index >= 15 is 0 Å². The van der Waals surface area contributed by atoms with Crippen molar-refractivity contribution in [2.24, 2.45) is 0 Å². The molecule has 2 aromatic rings. The zero-order chi connectivity index (χ0) is 15.5. The topological polar surface area (TPSA) is 37.4 Å². The van der Waals surface area contributed by atoms with Gasteiger partial charge in [-0.05, 0) is 36.8 Å². The second-order valence-electron chi connectivity index (χ2n) is 4.39. The Kier molecular flexibility index (Phi) is 5.14. The molecule has 2 aromatic carbocycles. The van der Waals surface area contributed by atoms with Gasteiger partial charge in [-0.1, -0.05) is 35.9 Å². The van der Waals surface area contributed by atoms with Gasteiger partial charge in [0.1, 0.15) is 0 Å². The van der Waals surface area contributed by atoms with Gasteiger partial charge in [-0.15, -0.1) is 11.6 Å². The summed E-state index contributed by atoms with van der Waals surface area (Å²) in [4.78, 5) is 0.159. The van der Waals surface area contributed by atoms with E-state index in [0.29, 0.717) is 22.8 Å². The van der Waals surface area contributed by atoms with Crippen molar-refractivity contribution in [1.29, 1.82) is 0 Å². The molecule has 0 fully saturated rings. The van der Waals surface area contributed by atoms with Crippen LogP contribution in [-0.2, 0) is 15.9 Å². The van der Waals surface area contributed by atoms with Gasteiger partial charge in [0, 0.05) is 17.4 Å². The minimum Gasteiger partial charge on any atom is -0.267 e. The monoisotopic (exact) mass is 343 g/mol. The summed E-state index contributed by atoms with van der Waals surface area (Å²) >= 11 is 11.8. The maximum absolute atomic E-state index is 12.7. The fraction of sp³-hybridized carbons (Fsp3) is 0.200. The number of anilines is 1. The van der Waals surface area contributed by atoms with Crippen molar-refractivity contribution in [3.05, 3.63) is 59.1 Å². The van der Waals surface area contributed by atoms with Gasteiger partial charge in [-0.2, -0.15) is 0 Å². The molecule has 21 heavy (non-hydrogen) atoms. The maximum Gasteiger partial charge on any atom is 0.264 e. The van der Waals surface area contributed by atoms with Crippen LogP contribution in [-0.4, -0.2) is 15.0 Å². The number of alkyl halides is 1. The first-order chi connectivity index (χ1) is 10.0. The third-order valence-corrected chi connectivity index (χ3v) is 5.63. The predicted molar refractivity (Wildman–Crippen MR) is 87.7 cm³/mol. The number of para-hydroxylation sites is 1.